The largest absolute Gasteiger partial charge is 0.380 e. The lowest BCUT2D eigenvalue weighted by molar-refractivity contribution is -0.136. The van der Waals surface area contributed by atoms with Crippen LogP contribution in [0.4, 0.5) is 0 Å². The normalized spacial score (nSPS) is 19.4. The van der Waals surface area contributed by atoms with Crippen molar-refractivity contribution in [2.75, 3.05) is 26.1 Å². The van der Waals surface area contributed by atoms with E-state index in [1.807, 2.05) is 0 Å². The molecule has 0 unspecified atom stereocenters. The van der Waals surface area contributed by atoms with Crippen LogP contribution in [0.25, 0.3) is 0 Å². The van der Waals surface area contributed by atoms with Gasteiger partial charge in [0.15, 0.2) is 0 Å². The molecule has 0 saturated carbocycles. The Hall–Kier alpha value is -0.130. The van der Waals surface area contributed by atoms with Gasteiger partial charge in [0.05, 0.1) is 26.1 Å². The van der Waals surface area contributed by atoms with Gasteiger partial charge in [-0.25, -0.2) is 0 Å². The summed E-state index contributed by atoms with van der Waals surface area (Å²) in [6, 6.07) is 0. The monoisotopic (exact) mass is 250 g/mol. The molecule has 1 heterocycles. The molecule has 0 aromatic heterocycles. The molecule has 5 heteroatoms. The van der Waals surface area contributed by atoms with Gasteiger partial charge in [-0.05, 0) is 6.42 Å². The Morgan fingerprint density at radius 3 is 2.38 bits per heavy atom. The van der Waals surface area contributed by atoms with Gasteiger partial charge in [0.1, 0.15) is 0 Å². The lowest BCUT2D eigenvalue weighted by Crippen LogP contribution is -2.46. The van der Waals surface area contributed by atoms with Crippen molar-refractivity contribution in [3.63, 3.8) is 0 Å². The molecule has 0 atom stereocenters. The van der Waals surface area contributed by atoms with Gasteiger partial charge in [0.2, 0.25) is 0 Å². The second-order valence-corrected chi connectivity index (χ2v) is 6.41. The number of ether oxygens (including phenoxy) is 1. The molecule has 0 radical (unpaired) electrons. The molecular weight excluding hydrogens is 228 g/mol. The standard InChI is InChI=1S/C11H22O4S/c1-3-4-5-6-7-11(8-14-9-11)10-15-16(2,12)13/h3-10H2,1-2H3. The first-order valence-corrected chi connectivity index (χ1v) is 7.71. The Kier molecular flexibility index (Phi) is 5.21. The lowest BCUT2D eigenvalue weighted by Gasteiger charge is -2.40. The highest BCUT2D eigenvalue weighted by Gasteiger charge is 2.39. The van der Waals surface area contributed by atoms with Gasteiger partial charge in [-0.1, -0.05) is 32.6 Å². The minimum absolute atomic E-state index is 0.0448. The topological polar surface area (TPSA) is 52.6 Å². The molecule has 0 bridgehead atoms. The third-order valence-electron chi connectivity index (χ3n) is 2.96. The van der Waals surface area contributed by atoms with Gasteiger partial charge in [-0.2, -0.15) is 8.42 Å². The number of hydrogen-bond acceptors (Lipinski definition) is 4. The average molecular weight is 250 g/mol. The minimum Gasteiger partial charge on any atom is -0.380 e. The highest BCUT2D eigenvalue weighted by Crippen LogP contribution is 2.34. The molecule has 1 saturated heterocycles. The van der Waals surface area contributed by atoms with E-state index in [0.29, 0.717) is 13.2 Å². The van der Waals surface area contributed by atoms with Crippen molar-refractivity contribution in [3.8, 4) is 0 Å². The first-order chi connectivity index (χ1) is 7.47. The summed E-state index contributed by atoms with van der Waals surface area (Å²) in [6.07, 6.45) is 6.88. The Morgan fingerprint density at radius 1 is 1.25 bits per heavy atom. The molecule has 1 fully saturated rings. The van der Waals surface area contributed by atoms with E-state index in [1.165, 1.54) is 19.3 Å². The van der Waals surface area contributed by atoms with Crippen molar-refractivity contribution < 1.29 is 17.3 Å². The number of unbranched alkanes of at least 4 members (excludes halogenated alkanes) is 3. The van der Waals surface area contributed by atoms with Crippen LogP contribution in [0.15, 0.2) is 0 Å². The van der Waals surface area contributed by atoms with Gasteiger partial charge in [0.25, 0.3) is 10.1 Å². The van der Waals surface area contributed by atoms with E-state index < -0.39 is 10.1 Å². The molecule has 0 amide bonds. The van der Waals surface area contributed by atoms with Crippen molar-refractivity contribution in [2.45, 2.75) is 39.0 Å². The van der Waals surface area contributed by atoms with Crippen LogP contribution in [0.3, 0.4) is 0 Å². The molecule has 0 aliphatic carbocycles. The quantitative estimate of drug-likeness (QED) is 0.488. The summed E-state index contributed by atoms with van der Waals surface area (Å²) in [4.78, 5) is 0. The van der Waals surface area contributed by atoms with Crippen LogP contribution < -0.4 is 0 Å². The summed E-state index contributed by atoms with van der Waals surface area (Å²) in [5, 5.41) is 0. The molecule has 0 aromatic rings. The zero-order valence-corrected chi connectivity index (χ0v) is 11.0. The fraction of sp³-hybridized carbons (Fsp3) is 1.00. The van der Waals surface area contributed by atoms with Crippen LogP contribution in [0.5, 0.6) is 0 Å². The van der Waals surface area contributed by atoms with Crippen LogP contribution in [0.2, 0.25) is 0 Å². The number of hydrogen-bond donors (Lipinski definition) is 0. The van der Waals surface area contributed by atoms with Crippen LogP contribution in [-0.4, -0.2) is 34.5 Å². The minimum atomic E-state index is -3.32. The molecule has 0 aromatic carbocycles. The SMILES string of the molecule is CCCCCCC1(COS(C)(=O)=O)COC1. The second-order valence-electron chi connectivity index (χ2n) is 4.77. The molecule has 1 aliphatic rings. The van der Waals surface area contributed by atoms with Gasteiger partial charge in [-0.3, -0.25) is 4.18 Å². The summed E-state index contributed by atoms with van der Waals surface area (Å²) in [5.41, 5.74) is -0.0448. The molecule has 1 aliphatic heterocycles. The molecule has 4 nitrogen and oxygen atoms in total. The maximum Gasteiger partial charge on any atom is 0.264 e. The Morgan fingerprint density at radius 2 is 1.94 bits per heavy atom. The summed E-state index contributed by atoms with van der Waals surface area (Å²) >= 11 is 0. The average Bonchev–Trinajstić information content (AvgIpc) is 2.13. The van der Waals surface area contributed by atoms with Crippen LogP contribution in [0, 0.1) is 5.41 Å². The van der Waals surface area contributed by atoms with E-state index in [2.05, 4.69) is 6.92 Å². The van der Waals surface area contributed by atoms with Crippen LogP contribution in [-0.2, 0) is 19.0 Å². The lowest BCUT2D eigenvalue weighted by atomic mass is 9.81. The molecule has 96 valence electrons. The van der Waals surface area contributed by atoms with Crippen molar-refractivity contribution in [2.24, 2.45) is 5.41 Å². The van der Waals surface area contributed by atoms with Gasteiger partial charge < -0.3 is 4.74 Å². The Balaban J connectivity index is 2.27. The van der Waals surface area contributed by atoms with Gasteiger partial charge >= 0.3 is 0 Å². The zero-order chi connectivity index (χ0) is 12.1. The van der Waals surface area contributed by atoms with Crippen molar-refractivity contribution >= 4 is 10.1 Å². The smallest absolute Gasteiger partial charge is 0.264 e. The predicted molar refractivity (Wildman–Crippen MR) is 62.8 cm³/mol. The van der Waals surface area contributed by atoms with E-state index in [1.54, 1.807) is 0 Å². The van der Waals surface area contributed by atoms with Gasteiger partial charge in [0, 0.05) is 5.41 Å². The molecule has 16 heavy (non-hydrogen) atoms. The highest BCUT2D eigenvalue weighted by atomic mass is 32.2. The van der Waals surface area contributed by atoms with Crippen molar-refractivity contribution in [1.82, 2.24) is 0 Å². The van der Waals surface area contributed by atoms with E-state index in [9.17, 15) is 8.42 Å². The molecular formula is C11H22O4S. The van der Waals surface area contributed by atoms with Gasteiger partial charge in [-0.15, -0.1) is 0 Å². The zero-order valence-electron chi connectivity index (χ0n) is 10.2. The predicted octanol–water partition coefficient (Wildman–Crippen LogP) is 1.95. The second kappa shape index (κ2) is 5.98. The maximum absolute atomic E-state index is 10.9. The van der Waals surface area contributed by atoms with Crippen molar-refractivity contribution in [1.29, 1.82) is 0 Å². The van der Waals surface area contributed by atoms with E-state index in [4.69, 9.17) is 8.92 Å². The molecule has 1 rings (SSSR count). The first-order valence-electron chi connectivity index (χ1n) is 5.90. The van der Waals surface area contributed by atoms with E-state index >= 15 is 0 Å². The Bertz CT molecular complexity index is 293. The third-order valence-corrected chi connectivity index (χ3v) is 3.50. The van der Waals surface area contributed by atoms with Crippen molar-refractivity contribution in [3.05, 3.63) is 0 Å². The first kappa shape index (κ1) is 13.9. The molecule has 0 N–H and O–H groups in total. The Labute approximate surface area is 98.4 Å². The highest BCUT2D eigenvalue weighted by molar-refractivity contribution is 7.85. The summed E-state index contributed by atoms with van der Waals surface area (Å²) < 4.78 is 31.9. The fourth-order valence-electron chi connectivity index (χ4n) is 1.85. The molecule has 0 spiro atoms. The van der Waals surface area contributed by atoms with E-state index in [-0.39, 0.29) is 12.0 Å². The van der Waals surface area contributed by atoms with Crippen LogP contribution in [0.1, 0.15) is 39.0 Å². The number of rotatable bonds is 8. The summed E-state index contributed by atoms with van der Waals surface area (Å²) in [7, 11) is -3.32. The summed E-state index contributed by atoms with van der Waals surface area (Å²) in [5.74, 6) is 0. The van der Waals surface area contributed by atoms with E-state index in [0.717, 1.165) is 19.1 Å². The fourth-order valence-corrected chi connectivity index (χ4v) is 2.31. The third kappa shape index (κ3) is 4.80. The maximum atomic E-state index is 10.9. The summed E-state index contributed by atoms with van der Waals surface area (Å²) in [6.45, 7) is 3.72. The van der Waals surface area contributed by atoms with Crippen LogP contribution >= 0.6 is 0 Å².